The van der Waals surface area contributed by atoms with Crippen LogP contribution in [0.2, 0.25) is 5.02 Å². The highest BCUT2D eigenvalue weighted by atomic mass is 35.5. The van der Waals surface area contributed by atoms with Gasteiger partial charge in [0.05, 0.1) is 16.7 Å². The van der Waals surface area contributed by atoms with E-state index in [1.54, 1.807) is 33.8 Å². The smallest absolute Gasteiger partial charge is 0.355 e. The third-order valence-corrected chi connectivity index (χ3v) is 4.04. The van der Waals surface area contributed by atoms with Crippen LogP contribution >= 0.6 is 11.6 Å². The number of amides is 1. The van der Waals surface area contributed by atoms with Crippen LogP contribution in [0.25, 0.3) is 0 Å². The fourth-order valence-electron chi connectivity index (χ4n) is 2.48. The average Bonchev–Trinajstić information content (AvgIpc) is 2.90. The molecule has 0 radical (unpaired) electrons. The van der Waals surface area contributed by atoms with E-state index >= 15 is 0 Å². The summed E-state index contributed by atoms with van der Waals surface area (Å²) in [6.45, 7) is 8.17. The van der Waals surface area contributed by atoms with Gasteiger partial charge in [0.15, 0.2) is 6.10 Å². The number of halogens is 1. The molecule has 0 saturated heterocycles. The first-order chi connectivity index (χ1) is 13.1. The minimum Gasteiger partial charge on any atom is -0.459 e. The van der Waals surface area contributed by atoms with Gasteiger partial charge in [-0.05, 0) is 52.3 Å². The maximum absolute atomic E-state index is 12.5. The number of hydrogen-bond acceptors (Lipinski definition) is 6. The number of aromatic nitrogens is 2. The highest BCUT2D eigenvalue weighted by molar-refractivity contribution is 6.30. The van der Waals surface area contributed by atoms with E-state index in [9.17, 15) is 14.4 Å². The van der Waals surface area contributed by atoms with Crippen LogP contribution in [-0.2, 0) is 14.3 Å². The van der Waals surface area contributed by atoms with Crippen LogP contribution in [-0.4, -0.2) is 40.0 Å². The molecule has 0 aliphatic heterocycles. The molecule has 0 fully saturated rings. The zero-order chi connectivity index (χ0) is 21.0. The summed E-state index contributed by atoms with van der Waals surface area (Å²) in [7, 11) is 0. The van der Waals surface area contributed by atoms with E-state index in [1.807, 2.05) is 0 Å². The monoisotopic (exact) mass is 407 g/mol. The highest BCUT2D eigenvalue weighted by Gasteiger charge is 2.27. The summed E-state index contributed by atoms with van der Waals surface area (Å²) in [6.07, 6.45) is 0.0114. The van der Waals surface area contributed by atoms with E-state index in [2.05, 4.69) is 15.3 Å². The second-order valence-electron chi connectivity index (χ2n) is 6.48. The Morgan fingerprint density at radius 1 is 1.11 bits per heavy atom. The minimum absolute atomic E-state index is 0.0949. The molecule has 0 unspecified atom stereocenters. The first-order valence-corrected chi connectivity index (χ1v) is 9.01. The molecule has 1 amide bonds. The molecule has 28 heavy (non-hydrogen) atoms. The summed E-state index contributed by atoms with van der Waals surface area (Å²) in [6, 6.07) is 3.10. The van der Waals surface area contributed by atoms with E-state index in [-0.39, 0.29) is 23.2 Å². The Hall–Kier alpha value is -2.87. The van der Waals surface area contributed by atoms with Crippen molar-refractivity contribution in [2.24, 2.45) is 0 Å². The van der Waals surface area contributed by atoms with Gasteiger partial charge in [0.1, 0.15) is 11.5 Å². The fourth-order valence-corrected chi connectivity index (χ4v) is 2.60. The number of esters is 2. The SMILES string of the molecule is Cc1[nH]c(C(=O)O[C@@H](C)C(=O)Nc2ccc(Cl)cn2)c(C)c1C(=O)OC(C)C. The summed E-state index contributed by atoms with van der Waals surface area (Å²) in [4.78, 5) is 43.7. The van der Waals surface area contributed by atoms with Crippen LogP contribution in [0.4, 0.5) is 5.82 Å². The second-order valence-corrected chi connectivity index (χ2v) is 6.91. The molecule has 2 aromatic rings. The number of H-pyrrole nitrogens is 1. The number of carbonyl (C=O) groups excluding carboxylic acids is 3. The molecule has 8 nitrogen and oxygen atoms in total. The summed E-state index contributed by atoms with van der Waals surface area (Å²) >= 11 is 5.75. The highest BCUT2D eigenvalue weighted by Crippen LogP contribution is 2.21. The van der Waals surface area contributed by atoms with Crippen molar-refractivity contribution in [3.8, 4) is 0 Å². The Kier molecular flexibility index (Phi) is 6.80. The van der Waals surface area contributed by atoms with Gasteiger partial charge in [0.25, 0.3) is 5.91 Å². The molecule has 9 heteroatoms. The number of aryl methyl sites for hydroxylation is 1. The van der Waals surface area contributed by atoms with E-state index in [1.165, 1.54) is 19.2 Å². The maximum atomic E-state index is 12.5. The van der Waals surface area contributed by atoms with Gasteiger partial charge in [-0.3, -0.25) is 4.79 Å². The first kappa shape index (κ1) is 21.4. The lowest BCUT2D eigenvalue weighted by atomic mass is 10.1. The Morgan fingerprint density at radius 2 is 1.79 bits per heavy atom. The summed E-state index contributed by atoms with van der Waals surface area (Å²) < 4.78 is 10.4. The molecular formula is C19H22ClN3O5. The van der Waals surface area contributed by atoms with Crippen molar-refractivity contribution in [2.45, 2.75) is 46.8 Å². The van der Waals surface area contributed by atoms with Gasteiger partial charge in [0, 0.05) is 11.9 Å². The average molecular weight is 408 g/mol. The molecule has 0 bridgehead atoms. The van der Waals surface area contributed by atoms with Crippen molar-refractivity contribution < 1.29 is 23.9 Å². The molecule has 0 aromatic carbocycles. The van der Waals surface area contributed by atoms with Crippen molar-refractivity contribution in [2.75, 3.05) is 5.32 Å². The van der Waals surface area contributed by atoms with E-state index < -0.39 is 23.9 Å². The van der Waals surface area contributed by atoms with E-state index in [4.69, 9.17) is 21.1 Å². The van der Waals surface area contributed by atoms with Gasteiger partial charge in [-0.15, -0.1) is 0 Å². The number of ether oxygens (including phenoxy) is 2. The van der Waals surface area contributed by atoms with Crippen molar-refractivity contribution >= 4 is 35.3 Å². The molecule has 1 atom stereocenters. The van der Waals surface area contributed by atoms with Crippen LogP contribution < -0.4 is 5.32 Å². The normalized spacial score (nSPS) is 11.8. The molecule has 0 saturated carbocycles. The van der Waals surface area contributed by atoms with Crippen LogP contribution in [0, 0.1) is 13.8 Å². The van der Waals surface area contributed by atoms with Gasteiger partial charge in [-0.1, -0.05) is 11.6 Å². The van der Waals surface area contributed by atoms with Gasteiger partial charge in [0.2, 0.25) is 0 Å². The standard InChI is InChI=1S/C19H22ClN3O5/c1-9(2)27-18(25)15-10(3)16(22-11(15)4)19(26)28-12(5)17(24)23-14-7-6-13(20)8-21-14/h6-9,12,22H,1-5H3,(H,21,23,24)/t12-/m0/s1. The molecule has 2 heterocycles. The predicted octanol–water partition coefficient (Wildman–Crippen LogP) is 3.43. The Balaban J connectivity index is 2.08. The van der Waals surface area contributed by atoms with Gasteiger partial charge in [-0.25, -0.2) is 14.6 Å². The number of nitrogens with one attached hydrogen (secondary N) is 2. The van der Waals surface area contributed by atoms with Crippen molar-refractivity contribution in [1.29, 1.82) is 0 Å². The number of hydrogen-bond donors (Lipinski definition) is 2. The van der Waals surface area contributed by atoms with E-state index in [0.29, 0.717) is 16.3 Å². The number of nitrogens with zero attached hydrogens (tertiary/aromatic N) is 1. The molecule has 0 spiro atoms. The molecule has 0 aliphatic rings. The molecular weight excluding hydrogens is 386 g/mol. The summed E-state index contributed by atoms with van der Waals surface area (Å²) in [5.74, 6) is -1.55. The number of rotatable bonds is 6. The van der Waals surface area contributed by atoms with Crippen LogP contribution in [0.1, 0.15) is 52.9 Å². The Bertz CT molecular complexity index is 890. The lowest BCUT2D eigenvalue weighted by Gasteiger charge is -2.13. The molecule has 2 rings (SSSR count). The Labute approximate surface area is 167 Å². The lowest BCUT2D eigenvalue weighted by molar-refractivity contribution is -0.123. The third kappa shape index (κ3) is 5.10. The fraction of sp³-hybridized carbons (Fsp3) is 0.368. The first-order valence-electron chi connectivity index (χ1n) is 8.63. The Morgan fingerprint density at radius 3 is 2.36 bits per heavy atom. The van der Waals surface area contributed by atoms with E-state index in [0.717, 1.165) is 0 Å². The number of aromatic amines is 1. The van der Waals surface area contributed by atoms with Gasteiger partial charge >= 0.3 is 11.9 Å². The minimum atomic E-state index is -1.08. The number of anilines is 1. The molecule has 2 N–H and O–H groups in total. The largest absolute Gasteiger partial charge is 0.459 e. The summed E-state index contributed by atoms with van der Waals surface area (Å²) in [5, 5.41) is 2.96. The van der Waals surface area contributed by atoms with Gasteiger partial charge < -0.3 is 19.8 Å². The topological polar surface area (TPSA) is 110 Å². The van der Waals surface area contributed by atoms with Crippen molar-refractivity contribution in [3.05, 3.63) is 45.9 Å². The summed E-state index contributed by atoms with van der Waals surface area (Å²) in [5.41, 5.74) is 1.26. The molecule has 0 aliphatic carbocycles. The lowest BCUT2D eigenvalue weighted by Crippen LogP contribution is -2.30. The van der Waals surface area contributed by atoms with Gasteiger partial charge in [-0.2, -0.15) is 0 Å². The molecule has 2 aromatic heterocycles. The van der Waals surface area contributed by atoms with Crippen LogP contribution in [0.5, 0.6) is 0 Å². The number of pyridine rings is 1. The zero-order valence-electron chi connectivity index (χ0n) is 16.3. The van der Waals surface area contributed by atoms with Crippen LogP contribution in [0.3, 0.4) is 0 Å². The van der Waals surface area contributed by atoms with Crippen molar-refractivity contribution in [3.63, 3.8) is 0 Å². The quantitative estimate of drug-likeness (QED) is 0.710. The third-order valence-electron chi connectivity index (χ3n) is 3.82. The zero-order valence-corrected chi connectivity index (χ0v) is 17.0. The van der Waals surface area contributed by atoms with Crippen molar-refractivity contribution in [1.82, 2.24) is 9.97 Å². The maximum Gasteiger partial charge on any atom is 0.355 e. The molecule has 150 valence electrons. The predicted molar refractivity (Wildman–Crippen MR) is 104 cm³/mol. The number of carbonyl (C=O) groups is 3. The van der Waals surface area contributed by atoms with Crippen LogP contribution in [0.15, 0.2) is 18.3 Å². The second kappa shape index (κ2) is 8.88.